The molecule has 1 N–H and O–H groups in total. The van der Waals surface area contributed by atoms with Gasteiger partial charge in [0.1, 0.15) is 11.2 Å². The minimum Gasteiger partial charge on any atom is -0.355 e. The fraction of sp³-hybridized carbons (Fsp3) is 0.333. The lowest BCUT2D eigenvalue weighted by Gasteiger charge is -2.00. The van der Waals surface area contributed by atoms with Crippen molar-refractivity contribution >= 4 is 46.5 Å². The molecule has 0 aliphatic carbocycles. The fourth-order valence-electron chi connectivity index (χ4n) is 1.37. The minimum absolute atomic E-state index is 0.0294. The van der Waals surface area contributed by atoms with Gasteiger partial charge in [0.2, 0.25) is 5.91 Å². The first kappa shape index (κ1) is 17.6. The normalized spacial score (nSPS) is 10.5. The fourth-order valence-corrected chi connectivity index (χ4v) is 4.11. The Kier molecular flexibility index (Phi) is 6.74. The van der Waals surface area contributed by atoms with E-state index in [2.05, 4.69) is 20.5 Å². The molecule has 0 aromatic carbocycles. The van der Waals surface area contributed by atoms with Crippen molar-refractivity contribution in [3.05, 3.63) is 28.4 Å². The first-order chi connectivity index (χ1) is 11.1. The van der Waals surface area contributed by atoms with Crippen molar-refractivity contribution < 1.29 is 9.72 Å². The van der Waals surface area contributed by atoms with Gasteiger partial charge in [0.25, 0.3) is 5.69 Å². The second kappa shape index (κ2) is 8.79. The Morgan fingerprint density at radius 1 is 1.39 bits per heavy atom. The number of rotatable bonds is 8. The van der Waals surface area contributed by atoms with Gasteiger partial charge in [0, 0.05) is 12.6 Å². The maximum absolute atomic E-state index is 11.5. The number of aromatic nitrogens is 3. The molecule has 2 aromatic rings. The summed E-state index contributed by atoms with van der Waals surface area (Å²) in [6.45, 7) is 2.66. The van der Waals surface area contributed by atoms with Crippen molar-refractivity contribution in [3.8, 4) is 0 Å². The van der Waals surface area contributed by atoms with Crippen LogP contribution < -0.4 is 5.32 Å². The van der Waals surface area contributed by atoms with E-state index in [9.17, 15) is 14.9 Å². The molecule has 0 saturated carbocycles. The first-order valence-electron chi connectivity index (χ1n) is 6.59. The van der Waals surface area contributed by atoms with E-state index < -0.39 is 4.92 Å². The molecule has 8 nitrogen and oxygen atoms in total. The maximum Gasteiger partial charge on any atom is 0.287 e. The largest absolute Gasteiger partial charge is 0.355 e. The maximum atomic E-state index is 11.5. The smallest absolute Gasteiger partial charge is 0.287 e. The number of hydrogen-bond acceptors (Lipinski definition) is 9. The molecule has 23 heavy (non-hydrogen) atoms. The summed E-state index contributed by atoms with van der Waals surface area (Å²) in [5, 5.41) is 22.0. The van der Waals surface area contributed by atoms with Crippen LogP contribution in [0.4, 0.5) is 5.69 Å². The van der Waals surface area contributed by atoms with Crippen molar-refractivity contribution in [2.45, 2.75) is 27.0 Å². The highest BCUT2D eigenvalue weighted by Gasteiger charge is 2.11. The molecule has 0 radical (unpaired) electrons. The van der Waals surface area contributed by atoms with Gasteiger partial charge in [-0.05, 0) is 24.2 Å². The van der Waals surface area contributed by atoms with Crippen LogP contribution in [0.2, 0.25) is 0 Å². The lowest BCUT2D eigenvalue weighted by atomic mass is 10.4. The number of pyridine rings is 1. The van der Waals surface area contributed by atoms with Crippen LogP contribution in [0.25, 0.3) is 0 Å². The first-order valence-corrected chi connectivity index (χ1v) is 9.21. The Morgan fingerprint density at radius 3 is 2.83 bits per heavy atom. The highest BCUT2D eigenvalue weighted by molar-refractivity contribution is 8.03. The number of nitrogens with zero attached hydrogens (tertiary/aromatic N) is 4. The van der Waals surface area contributed by atoms with E-state index in [1.807, 2.05) is 6.92 Å². The van der Waals surface area contributed by atoms with Gasteiger partial charge in [-0.2, -0.15) is 0 Å². The SMILES string of the molecule is CCCNC(=O)CSc1nnc(Sc2ccc([N+](=O)[O-])cn2)s1. The van der Waals surface area contributed by atoms with Crippen LogP contribution in [0, 0.1) is 10.1 Å². The summed E-state index contributed by atoms with van der Waals surface area (Å²) in [7, 11) is 0. The summed E-state index contributed by atoms with van der Waals surface area (Å²) in [4.78, 5) is 25.6. The Hall–Kier alpha value is -1.72. The van der Waals surface area contributed by atoms with E-state index >= 15 is 0 Å². The predicted octanol–water partition coefficient (Wildman–Crippen LogP) is 2.61. The van der Waals surface area contributed by atoms with E-state index in [1.165, 1.54) is 47.1 Å². The number of carbonyl (C=O) groups is 1. The summed E-state index contributed by atoms with van der Waals surface area (Å²) < 4.78 is 1.36. The van der Waals surface area contributed by atoms with Crippen molar-refractivity contribution in [2.75, 3.05) is 12.3 Å². The van der Waals surface area contributed by atoms with Crippen LogP contribution in [-0.4, -0.2) is 38.3 Å². The van der Waals surface area contributed by atoms with Gasteiger partial charge in [-0.15, -0.1) is 10.2 Å². The summed E-state index contributed by atoms with van der Waals surface area (Å²) >= 11 is 3.95. The lowest BCUT2D eigenvalue weighted by molar-refractivity contribution is -0.385. The number of thioether (sulfide) groups is 1. The van der Waals surface area contributed by atoms with Crippen LogP contribution in [0.5, 0.6) is 0 Å². The van der Waals surface area contributed by atoms with Crippen LogP contribution in [0.15, 0.2) is 32.0 Å². The number of amides is 1. The molecule has 0 aliphatic heterocycles. The second-order valence-electron chi connectivity index (χ2n) is 4.19. The van der Waals surface area contributed by atoms with Gasteiger partial charge in [0.05, 0.1) is 10.7 Å². The molecule has 11 heteroatoms. The Balaban J connectivity index is 1.86. The number of hydrogen-bond donors (Lipinski definition) is 1. The molecular weight excluding hydrogens is 358 g/mol. The minimum atomic E-state index is -0.495. The summed E-state index contributed by atoms with van der Waals surface area (Å²) in [5.41, 5.74) is -0.0547. The van der Waals surface area contributed by atoms with Crippen LogP contribution in [0.1, 0.15) is 13.3 Å². The van der Waals surface area contributed by atoms with E-state index in [-0.39, 0.29) is 11.6 Å². The zero-order chi connectivity index (χ0) is 16.7. The summed E-state index contributed by atoms with van der Waals surface area (Å²) in [5.74, 6) is 0.271. The molecular formula is C12H13N5O3S3. The average Bonchev–Trinajstić information content (AvgIpc) is 2.99. The molecule has 0 unspecified atom stereocenters. The van der Waals surface area contributed by atoms with Gasteiger partial charge < -0.3 is 5.32 Å². The Morgan fingerprint density at radius 2 is 2.17 bits per heavy atom. The summed E-state index contributed by atoms with van der Waals surface area (Å²) in [6, 6.07) is 2.96. The molecule has 122 valence electrons. The number of nitrogens with one attached hydrogen (secondary N) is 1. The topological polar surface area (TPSA) is 111 Å². The number of nitro groups is 1. The second-order valence-corrected chi connectivity index (χ2v) is 7.65. The predicted molar refractivity (Wildman–Crippen MR) is 88.9 cm³/mol. The molecule has 1 amide bonds. The van der Waals surface area contributed by atoms with Gasteiger partial charge in [-0.25, -0.2) is 4.98 Å². The van der Waals surface area contributed by atoms with Crippen LogP contribution in [0.3, 0.4) is 0 Å². The van der Waals surface area contributed by atoms with E-state index in [0.29, 0.717) is 26.0 Å². The van der Waals surface area contributed by atoms with Crippen molar-refractivity contribution in [2.24, 2.45) is 0 Å². The average molecular weight is 371 g/mol. The Labute approximate surface area is 144 Å². The van der Waals surface area contributed by atoms with Gasteiger partial charge in [0.15, 0.2) is 8.68 Å². The van der Waals surface area contributed by atoms with Crippen molar-refractivity contribution in [1.82, 2.24) is 20.5 Å². The number of carbonyl (C=O) groups excluding carboxylic acids is 1. The monoisotopic (exact) mass is 371 g/mol. The lowest BCUT2D eigenvalue weighted by Crippen LogP contribution is -2.25. The molecule has 0 saturated heterocycles. The zero-order valence-corrected chi connectivity index (χ0v) is 14.5. The third kappa shape index (κ3) is 5.77. The van der Waals surface area contributed by atoms with Crippen molar-refractivity contribution in [3.63, 3.8) is 0 Å². The molecule has 0 atom stereocenters. The molecule has 0 bridgehead atoms. The molecule has 2 heterocycles. The molecule has 0 spiro atoms. The standard InChI is InChI=1S/C12H13N5O3S3/c1-2-5-13-9(18)7-21-11-15-16-12(23-11)22-10-4-3-8(6-14-10)17(19)20/h3-4,6H,2,5,7H2,1H3,(H,13,18). The Bertz CT molecular complexity index is 677. The third-order valence-corrected chi connectivity index (χ3v) is 5.47. The zero-order valence-electron chi connectivity index (χ0n) is 12.1. The van der Waals surface area contributed by atoms with E-state index in [0.717, 1.165) is 6.42 Å². The quantitative estimate of drug-likeness (QED) is 0.428. The van der Waals surface area contributed by atoms with E-state index in [1.54, 1.807) is 6.07 Å². The molecule has 0 aliphatic rings. The van der Waals surface area contributed by atoms with Crippen LogP contribution >= 0.6 is 34.9 Å². The van der Waals surface area contributed by atoms with Gasteiger partial charge >= 0.3 is 0 Å². The summed E-state index contributed by atoms with van der Waals surface area (Å²) in [6.07, 6.45) is 2.11. The van der Waals surface area contributed by atoms with Crippen molar-refractivity contribution in [1.29, 1.82) is 0 Å². The molecule has 0 fully saturated rings. The van der Waals surface area contributed by atoms with Gasteiger partial charge in [-0.1, -0.05) is 30.0 Å². The molecule has 2 aromatic heterocycles. The van der Waals surface area contributed by atoms with Gasteiger partial charge in [-0.3, -0.25) is 14.9 Å². The highest BCUT2D eigenvalue weighted by atomic mass is 32.2. The third-order valence-electron chi connectivity index (χ3n) is 2.41. The molecule has 2 rings (SSSR count). The van der Waals surface area contributed by atoms with Crippen LogP contribution in [-0.2, 0) is 4.79 Å². The van der Waals surface area contributed by atoms with E-state index in [4.69, 9.17) is 0 Å². The highest BCUT2D eigenvalue weighted by Crippen LogP contribution is 2.32.